The molecule has 6 unspecified atom stereocenters. The summed E-state index contributed by atoms with van der Waals surface area (Å²) in [6, 6.07) is 13.9. The van der Waals surface area contributed by atoms with E-state index in [9.17, 15) is 70.7 Å². The molecule has 0 radical (unpaired) electrons. The minimum absolute atomic E-state index is 0.00884. The number of sulfonamides is 2. The Kier molecular flexibility index (Phi) is 17.7. The predicted molar refractivity (Wildman–Crippen MR) is 374 cm³/mol. The molecule has 12 heterocycles. The molecule has 10 N–H and O–H groups in total. The summed E-state index contributed by atoms with van der Waals surface area (Å²) in [5.74, 6) is 2.89. The molecule has 2 saturated heterocycles. The van der Waals surface area contributed by atoms with Crippen LogP contribution in [-0.4, -0.2) is 198 Å². The molecule has 10 atom stereocenters. The number of ether oxygens (including phenoxy) is 4. The number of aliphatic hydroxyl groups is 8. The topological polar surface area (TPSA) is 361 Å². The Balaban J connectivity index is 0.000000153. The third-order valence-electron chi connectivity index (χ3n) is 23.3. The van der Waals surface area contributed by atoms with Gasteiger partial charge in [0.25, 0.3) is 0 Å². The van der Waals surface area contributed by atoms with Crippen molar-refractivity contribution >= 4 is 52.7 Å². The van der Waals surface area contributed by atoms with Gasteiger partial charge in [0.05, 0.1) is 39.0 Å². The van der Waals surface area contributed by atoms with Crippen LogP contribution in [0.5, 0.6) is 23.0 Å². The van der Waals surface area contributed by atoms with Crippen LogP contribution < -0.4 is 59.0 Å². The number of nitrogens with zero attached hydrogens (tertiary/aromatic N) is 4. The minimum atomic E-state index is -5.32. The highest BCUT2D eigenvalue weighted by Gasteiger charge is 2.49. The van der Waals surface area contributed by atoms with E-state index >= 15 is 0 Å². The van der Waals surface area contributed by atoms with Crippen LogP contribution in [0.25, 0.3) is 11.1 Å². The lowest BCUT2D eigenvalue weighted by Gasteiger charge is -2.40. The maximum absolute atomic E-state index is 14.5. The van der Waals surface area contributed by atoms with Crippen molar-refractivity contribution in [3.8, 4) is 23.0 Å². The van der Waals surface area contributed by atoms with Gasteiger partial charge in [0.15, 0.2) is 12.6 Å². The lowest BCUT2D eigenvalue weighted by molar-refractivity contribution is -0.251. The number of hydrogen-bond donors (Lipinski definition) is 10. The maximum Gasteiger partial charge on any atom is 0.241 e. The van der Waals surface area contributed by atoms with Crippen molar-refractivity contribution < 1.29 is 89.6 Å². The summed E-state index contributed by atoms with van der Waals surface area (Å²) in [6.07, 6.45) is 1.37. The molecule has 0 saturated carbocycles. The molecule has 25 nitrogen and oxygen atoms in total. The van der Waals surface area contributed by atoms with Crippen LogP contribution in [-0.2, 0) is 91.0 Å². The summed E-state index contributed by atoms with van der Waals surface area (Å²) in [7, 11) is -14.5. The Morgan fingerprint density at radius 3 is 1.35 bits per heavy atom. The quantitative estimate of drug-likeness (QED) is 0.0582. The van der Waals surface area contributed by atoms with Gasteiger partial charge >= 0.3 is 0 Å². The van der Waals surface area contributed by atoms with E-state index in [-0.39, 0.29) is 10.5 Å². The molecule has 2 fully saturated rings. The monoisotopic (exact) mass is 1470 g/mol. The van der Waals surface area contributed by atoms with Gasteiger partial charge in [-0.15, -0.1) is 0 Å². The first-order valence-corrected chi connectivity index (χ1v) is 40.6. The van der Waals surface area contributed by atoms with E-state index in [1.54, 1.807) is 6.07 Å². The zero-order valence-electron chi connectivity index (χ0n) is 57.0. The zero-order valence-corrected chi connectivity index (χ0v) is 59.5. The molecule has 12 aliphatic heterocycles. The zero-order chi connectivity index (χ0) is 71.4. The van der Waals surface area contributed by atoms with E-state index in [1.807, 2.05) is 31.2 Å². The van der Waals surface area contributed by atoms with E-state index in [0.717, 1.165) is 228 Å². The van der Waals surface area contributed by atoms with Crippen molar-refractivity contribution in [3.05, 3.63) is 154 Å². The molecule has 6 aromatic carbocycles. The summed E-state index contributed by atoms with van der Waals surface area (Å²) >= 11 is 0. The highest BCUT2D eigenvalue weighted by molar-refractivity contribution is 7.90. The van der Waals surface area contributed by atoms with E-state index in [4.69, 9.17) is 18.9 Å². The number of aliphatic hydroxyl groups excluding tert-OH is 8. The third-order valence-corrected chi connectivity index (χ3v) is 27.1. The molecular weight excluding hydrogens is 1390 g/mol. The number of hydrogen-bond acceptors (Lipinski definition) is 21. The summed E-state index contributed by atoms with van der Waals surface area (Å²) in [5, 5.41) is 86.5. The molecule has 12 aliphatic rings. The number of aryl methyl sites for hydroxylation is 5. The van der Waals surface area contributed by atoms with Crippen LogP contribution in [0.2, 0.25) is 0 Å². The van der Waals surface area contributed by atoms with Crippen molar-refractivity contribution in [2.24, 2.45) is 0 Å². The van der Waals surface area contributed by atoms with Gasteiger partial charge in [-0.3, -0.25) is 0 Å². The third kappa shape index (κ3) is 11.6. The van der Waals surface area contributed by atoms with Gasteiger partial charge in [-0.05, 0) is 143 Å². The fourth-order valence-electron chi connectivity index (χ4n) is 18.7. The highest BCUT2D eigenvalue weighted by atomic mass is 32.2. The first-order chi connectivity index (χ1) is 49.5. The fourth-order valence-corrected chi connectivity index (χ4v) is 22.3. The molecule has 0 bridgehead atoms. The Hall–Kier alpha value is -6.81. The fraction of sp³-hybridized carbons (Fsp3) is 0.493. The van der Waals surface area contributed by atoms with Gasteiger partial charge < -0.3 is 74.2 Å². The first-order valence-electron chi connectivity index (χ1n) is 36.2. The largest absolute Gasteiger partial charge is 0.744 e. The number of anilines is 2. The summed E-state index contributed by atoms with van der Waals surface area (Å²) < 4.78 is 130. The first kappa shape index (κ1) is 69.2. The Bertz CT molecular complexity index is 5220. The smallest absolute Gasteiger partial charge is 0.241 e. The highest BCUT2D eigenvalue weighted by Crippen LogP contribution is 2.52. The SMILES string of the molecule is Cc1ccc(C2=c3cc4c5c(c3Oc3c2cc2c6c3CCCN6CCC2)CCC[N+]=5CCC4)c(S(=O)(=O)NC2C(O)OC(CO)[C@H](O)[C@@H]2O)c1.O=S(=O)([O-])c1cc(S(=O)(=O)NC2C(O)OC(CO)[C@H](O)[C@@H]2O)ccc1C1=c2cc3c4c(c2Oc2c1cc1c5c2CCCN5CCC1)CCC[N+]=4CCC3. The Labute approximate surface area is 595 Å². The average molecular weight is 1470 g/mol. The van der Waals surface area contributed by atoms with Crippen LogP contribution in [0.1, 0.15) is 124 Å². The number of rotatable bonds is 11. The maximum atomic E-state index is 14.5. The van der Waals surface area contributed by atoms with Crippen LogP contribution in [0.4, 0.5) is 11.4 Å². The molecule has 0 aromatic heterocycles. The molecular formula is C75H85N6O19S3+. The van der Waals surface area contributed by atoms with E-state index in [2.05, 4.69) is 40.5 Å². The van der Waals surface area contributed by atoms with Gasteiger partial charge in [-0.2, -0.15) is 0 Å². The molecule has 103 heavy (non-hydrogen) atoms. The van der Waals surface area contributed by atoms with Crippen LogP contribution in [0, 0.1) is 6.92 Å². The Morgan fingerprint density at radius 1 is 0.466 bits per heavy atom. The molecule has 6 aromatic rings. The van der Waals surface area contributed by atoms with E-state index in [1.165, 1.54) is 45.4 Å². The number of benzene rings is 6. The standard InChI is InChI=1S/C38H44N3O8S.C37H41N3O11S2/c1-20-10-11-23(29(16-20)50(46,47)39-31-35(44)34(43)28(19-42)48-38(31)45)30-26-17-21-6-2-12-40-14-4-8-24(32(21)40)36(26)49-37-25-9-5-15-41-13-3-7-22(33(25)41)18-27(30)37;41-18-27-33(42)34(43)30(37(44)50-27)38-52(45,46)21-9-10-22(28(17-21)53(47,48)49)29-25-15-19-5-1-11-39-13-3-7-23(31(19)39)35(25)51-36-24-8-4-14-40-12-2-6-20(32(24)40)16-26(29)36/h10-11,16-18,28,31,34-35,38-39,42-45H,2-9,12-15,19H2,1H3;9-10,15-17,27,30,33-34,37-38,41-44H,1-8,11-14,18H2/q+1;/t28?,31?,34-,35+,38?;27?,30?,33-,34+,37?/m00/s1. The van der Waals surface area contributed by atoms with Crippen molar-refractivity contribution in [2.75, 3.05) is 75.4 Å². The van der Waals surface area contributed by atoms with E-state index < -0.39 is 114 Å². The van der Waals surface area contributed by atoms with Crippen LogP contribution in [0.3, 0.4) is 0 Å². The van der Waals surface area contributed by atoms with Crippen molar-refractivity contribution in [2.45, 2.75) is 186 Å². The molecule has 0 aliphatic carbocycles. The molecule has 28 heteroatoms. The minimum Gasteiger partial charge on any atom is -0.744 e. The van der Waals surface area contributed by atoms with Gasteiger partial charge in [-0.1, -0.05) is 18.2 Å². The van der Waals surface area contributed by atoms with Gasteiger partial charge in [0.1, 0.15) is 108 Å². The predicted octanol–water partition coefficient (Wildman–Crippen LogP) is -0.387. The van der Waals surface area contributed by atoms with Crippen molar-refractivity contribution in [1.29, 1.82) is 0 Å². The van der Waals surface area contributed by atoms with E-state index in [0.29, 0.717) is 33.4 Å². The molecule has 0 amide bonds. The second-order valence-corrected chi connectivity index (χ2v) is 34.3. The lowest BCUT2D eigenvalue weighted by Crippen LogP contribution is -2.64. The number of nitrogens with one attached hydrogen (secondary N) is 2. The summed E-state index contributed by atoms with van der Waals surface area (Å²) in [5.41, 5.74) is 15.7. The van der Waals surface area contributed by atoms with Crippen LogP contribution in [0.15, 0.2) is 75.4 Å². The lowest BCUT2D eigenvalue weighted by atomic mass is 9.82. The number of fused-ring (bicyclic) bond motifs is 8. The van der Waals surface area contributed by atoms with Gasteiger partial charge in [0.2, 0.25) is 30.8 Å². The van der Waals surface area contributed by atoms with Gasteiger partial charge in [-0.25, -0.2) is 43.8 Å². The molecule has 0 spiro atoms. The summed E-state index contributed by atoms with van der Waals surface area (Å²) in [4.78, 5) is 3.50. The van der Waals surface area contributed by atoms with Crippen molar-refractivity contribution in [1.82, 2.24) is 18.6 Å². The normalized spacial score (nSPS) is 26.5. The average Bonchev–Trinajstić information content (AvgIpc) is 0.711. The second kappa shape index (κ2) is 26.3. The van der Waals surface area contributed by atoms with Gasteiger partial charge in [0, 0.05) is 129 Å². The molecule has 546 valence electrons. The Morgan fingerprint density at radius 2 is 0.883 bits per heavy atom. The summed E-state index contributed by atoms with van der Waals surface area (Å²) in [6.45, 7) is 8.23. The van der Waals surface area contributed by atoms with Crippen LogP contribution >= 0.6 is 0 Å². The second-order valence-electron chi connectivity index (χ2n) is 29.6. The van der Waals surface area contributed by atoms with Crippen molar-refractivity contribution in [3.63, 3.8) is 0 Å². The molecule has 18 rings (SSSR count).